The monoisotopic (exact) mass is 477 g/mol. The molecule has 0 aliphatic carbocycles. The second-order valence-electron chi connectivity index (χ2n) is 8.60. The predicted octanol–water partition coefficient (Wildman–Crippen LogP) is 4.74. The molecule has 3 rings (SSSR count). The Morgan fingerprint density at radius 2 is 1.79 bits per heavy atom. The minimum absolute atomic E-state index is 0.0527. The van der Waals surface area contributed by atoms with E-state index in [2.05, 4.69) is 6.92 Å². The Morgan fingerprint density at radius 1 is 1.12 bits per heavy atom. The highest BCUT2D eigenvalue weighted by Crippen LogP contribution is 2.24. The number of carboxylic acids is 1. The molecule has 1 N–H and O–H groups in total. The van der Waals surface area contributed by atoms with Gasteiger partial charge in [-0.05, 0) is 36.1 Å². The Morgan fingerprint density at radius 3 is 2.41 bits per heavy atom. The summed E-state index contributed by atoms with van der Waals surface area (Å²) in [6.07, 6.45) is 3.08. The number of nitrogens with zero attached hydrogens (tertiary/aromatic N) is 3. The van der Waals surface area contributed by atoms with E-state index in [1.165, 1.54) is 0 Å². The third kappa shape index (κ3) is 5.78. The van der Waals surface area contributed by atoms with Gasteiger partial charge >= 0.3 is 5.97 Å². The molecule has 0 aliphatic heterocycles. The van der Waals surface area contributed by atoms with Gasteiger partial charge in [0, 0.05) is 38.2 Å². The molecule has 0 unspecified atom stereocenters. The Bertz CT molecular complexity index is 1250. The summed E-state index contributed by atoms with van der Waals surface area (Å²) in [5, 5.41) is 9.50. The first-order chi connectivity index (χ1) is 16.2. The van der Waals surface area contributed by atoms with E-state index in [9.17, 15) is 14.7 Å². The SMILES string of the molecule is CCCCc1nc(C)c(CC(=S)N(C)C)c(=O)n1Cc1ccc(-c2ccccc2C(=O)O)cc1. The molecule has 1 aromatic heterocycles. The van der Waals surface area contributed by atoms with Gasteiger partial charge in [0.2, 0.25) is 0 Å². The van der Waals surface area contributed by atoms with Crippen LogP contribution in [0.3, 0.4) is 0 Å². The molecule has 0 amide bonds. The van der Waals surface area contributed by atoms with Gasteiger partial charge in [-0.25, -0.2) is 9.78 Å². The number of likely N-dealkylation sites (N-methyl/N-ethyl adjacent to an activating group) is 1. The zero-order valence-corrected chi connectivity index (χ0v) is 21.0. The molecule has 0 radical (unpaired) electrons. The molecule has 0 fully saturated rings. The number of hydrogen-bond acceptors (Lipinski definition) is 4. The largest absolute Gasteiger partial charge is 0.478 e. The average molecular weight is 478 g/mol. The number of thiocarbonyl (C=S) groups is 1. The fourth-order valence-electron chi connectivity index (χ4n) is 3.85. The molecule has 0 saturated heterocycles. The zero-order valence-electron chi connectivity index (χ0n) is 20.2. The van der Waals surface area contributed by atoms with E-state index in [1.807, 2.05) is 56.3 Å². The number of aromatic nitrogens is 2. The van der Waals surface area contributed by atoms with Crippen LogP contribution in [0, 0.1) is 6.92 Å². The maximum absolute atomic E-state index is 13.5. The highest BCUT2D eigenvalue weighted by atomic mass is 32.1. The van der Waals surface area contributed by atoms with E-state index < -0.39 is 5.97 Å². The molecule has 6 nitrogen and oxygen atoms in total. The molecule has 0 saturated carbocycles. The van der Waals surface area contributed by atoms with Gasteiger partial charge in [0.15, 0.2) is 0 Å². The summed E-state index contributed by atoms with van der Waals surface area (Å²) in [4.78, 5) is 32.4. The predicted molar refractivity (Wildman–Crippen MR) is 140 cm³/mol. The number of benzene rings is 2. The summed E-state index contributed by atoms with van der Waals surface area (Å²) < 4.78 is 1.76. The Labute approximate surface area is 205 Å². The number of carboxylic acid groups (broad SMARTS) is 1. The van der Waals surface area contributed by atoms with Gasteiger partial charge in [0.1, 0.15) is 5.82 Å². The van der Waals surface area contributed by atoms with E-state index in [-0.39, 0.29) is 11.1 Å². The zero-order chi connectivity index (χ0) is 24.8. The molecule has 34 heavy (non-hydrogen) atoms. The van der Waals surface area contributed by atoms with Crippen LogP contribution in [-0.4, -0.2) is 44.6 Å². The fourth-order valence-corrected chi connectivity index (χ4v) is 4.00. The molecule has 0 atom stereocenters. The van der Waals surface area contributed by atoms with Crippen molar-refractivity contribution < 1.29 is 9.90 Å². The molecule has 178 valence electrons. The van der Waals surface area contributed by atoms with Crippen LogP contribution < -0.4 is 5.56 Å². The third-order valence-corrected chi connectivity index (χ3v) is 6.40. The van der Waals surface area contributed by atoms with Crippen LogP contribution in [-0.2, 0) is 19.4 Å². The molecule has 0 aliphatic rings. The summed E-state index contributed by atoms with van der Waals surface area (Å²) in [6.45, 7) is 4.39. The van der Waals surface area contributed by atoms with E-state index in [0.717, 1.165) is 41.9 Å². The molecule has 2 aromatic carbocycles. The lowest BCUT2D eigenvalue weighted by Gasteiger charge is -2.18. The fraction of sp³-hybridized carbons (Fsp3) is 0.333. The van der Waals surface area contributed by atoms with Crippen LogP contribution in [0.5, 0.6) is 0 Å². The average Bonchev–Trinajstić information content (AvgIpc) is 2.82. The van der Waals surface area contributed by atoms with Crippen molar-refractivity contribution in [3.8, 4) is 11.1 Å². The molecule has 1 heterocycles. The summed E-state index contributed by atoms with van der Waals surface area (Å²) in [6, 6.07) is 14.6. The maximum atomic E-state index is 13.5. The first-order valence-electron chi connectivity index (χ1n) is 11.4. The highest BCUT2D eigenvalue weighted by Gasteiger charge is 2.17. The Kier molecular flexibility index (Phi) is 8.34. The first kappa shape index (κ1) is 25.3. The molecular weight excluding hydrogens is 446 g/mol. The lowest BCUT2D eigenvalue weighted by molar-refractivity contribution is 0.0697. The lowest BCUT2D eigenvalue weighted by atomic mass is 9.98. The van der Waals surface area contributed by atoms with E-state index in [0.29, 0.717) is 29.1 Å². The maximum Gasteiger partial charge on any atom is 0.336 e. The van der Waals surface area contributed by atoms with Crippen molar-refractivity contribution in [2.45, 2.75) is 46.1 Å². The molecule has 0 bridgehead atoms. The topological polar surface area (TPSA) is 75.4 Å². The highest BCUT2D eigenvalue weighted by molar-refractivity contribution is 7.80. The Hall–Kier alpha value is -3.32. The van der Waals surface area contributed by atoms with Gasteiger partial charge < -0.3 is 10.0 Å². The minimum atomic E-state index is -0.958. The van der Waals surface area contributed by atoms with Crippen molar-refractivity contribution >= 4 is 23.2 Å². The molecule has 0 spiro atoms. The molecule has 3 aromatic rings. The van der Waals surface area contributed by atoms with Crippen LogP contribution in [0.25, 0.3) is 11.1 Å². The summed E-state index contributed by atoms with van der Waals surface area (Å²) in [5.41, 5.74) is 4.00. The van der Waals surface area contributed by atoms with Crippen LogP contribution in [0.2, 0.25) is 0 Å². The van der Waals surface area contributed by atoms with Crippen molar-refractivity contribution in [1.29, 1.82) is 0 Å². The quantitative estimate of drug-likeness (QED) is 0.449. The standard InChI is InChI=1S/C27H31N3O3S/c1-5-6-11-24-28-18(2)23(16-25(34)29(3)4)26(31)30(24)17-19-12-14-20(15-13-19)21-9-7-8-10-22(21)27(32)33/h7-10,12-15H,5-6,11,16-17H2,1-4H3,(H,32,33). The number of hydrogen-bond donors (Lipinski definition) is 1. The van der Waals surface area contributed by atoms with Crippen LogP contribution in [0.1, 0.15) is 52.8 Å². The third-order valence-electron chi connectivity index (χ3n) is 5.89. The summed E-state index contributed by atoms with van der Waals surface area (Å²) in [7, 11) is 3.76. The number of carbonyl (C=O) groups is 1. The number of rotatable bonds is 9. The van der Waals surface area contributed by atoms with Crippen molar-refractivity contribution in [1.82, 2.24) is 14.5 Å². The summed E-state index contributed by atoms with van der Waals surface area (Å²) in [5.74, 6) is -0.176. The minimum Gasteiger partial charge on any atom is -0.478 e. The van der Waals surface area contributed by atoms with Crippen LogP contribution in [0.4, 0.5) is 0 Å². The van der Waals surface area contributed by atoms with Crippen molar-refractivity contribution in [3.63, 3.8) is 0 Å². The Balaban J connectivity index is 1.98. The van der Waals surface area contributed by atoms with E-state index in [4.69, 9.17) is 17.2 Å². The smallest absolute Gasteiger partial charge is 0.336 e. The van der Waals surface area contributed by atoms with Crippen molar-refractivity contribution in [2.75, 3.05) is 14.1 Å². The van der Waals surface area contributed by atoms with Crippen molar-refractivity contribution in [2.24, 2.45) is 0 Å². The second kappa shape index (κ2) is 11.2. The molecular formula is C27H31N3O3S. The van der Waals surface area contributed by atoms with Gasteiger partial charge in [-0.2, -0.15) is 0 Å². The number of unbranched alkanes of at least 4 members (excludes halogenated alkanes) is 1. The lowest BCUT2D eigenvalue weighted by Crippen LogP contribution is -2.33. The first-order valence-corrected chi connectivity index (χ1v) is 11.8. The number of aromatic carboxylic acids is 1. The number of aryl methyl sites for hydroxylation is 2. The van der Waals surface area contributed by atoms with E-state index in [1.54, 1.807) is 22.8 Å². The molecule has 7 heteroatoms. The van der Waals surface area contributed by atoms with Gasteiger partial charge in [0.25, 0.3) is 5.56 Å². The van der Waals surface area contributed by atoms with Crippen molar-refractivity contribution in [3.05, 3.63) is 87.1 Å². The second-order valence-corrected chi connectivity index (χ2v) is 9.07. The summed E-state index contributed by atoms with van der Waals surface area (Å²) >= 11 is 5.45. The van der Waals surface area contributed by atoms with Crippen LogP contribution >= 0.6 is 12.2 Å². The van der Waals surface area contributed by atoms with Gasteiger partial charge in [-0.1, -0.05) is 68.0 Å². The van der Waals surface area contributed by atoms with E-state index >= 15 is 0 Å². The van der Waals surface area contributed by atoms with Gasteiger partial charge in [0.05, 0.1) is 17.1 Å². The van der Waals surface area contributed by atoms with Crippen LogP contribution in [0.15, 0.2) is 53.3 Å². The van der Waals surface area contributed by atoms with Gasteiger partial charge in [-0.15, -0.1) is 0 Å². The van der Waals surface area contributed by atoms with Gasteiger partial charge in [-0.3, -0.25) is 9.36 Å². The normalized spacial score (nSPS) is 10.8.